The van der Waals surface area contributed by atoms with Gasteiger partial charge in [0, 0.05) is 28.9 Å². The van der Waals surface area contributed by atoms with Crippen LogP contribution in [0.1, 0.15) is 23.2 Å². The second-order valence-corrected chi connectivity index (χ2v) is 6.40. The number of rotatable bonds is 1. The predicted molar refractivity (Wildman–Crippen MR) is 81.8 cm³/mol. The molecule has 1 aliphatic heterocycles. The first-order valence-electron chi connectivity index (χ1n) is 6.77. The minimum absolute atomic E-state index is 0.000556. The van der Waals surface area contributed by atoms with Crippen molar-refractivity contribution in [3.63, 3.8) is 0 Å². The van der Waals surface area contributed by atoms with E-state index < -0.39 is 0 Å². The Balaban J connectivity index is 1.98. The average molecular weight is 336 g/mol. The van der Waals surface area contributed by atoms with Crippen LogP contribution in [0.25, 0.3) is 10.8 Å². The van der Waals surface area contributed by atoms with Crippen molar-refractivity contribution in [3.05, 3.63) is 47.8 Å². The van der Waals surface area contributed by atoms with Crippen LogP contribution in [0.2, 0.25) is 0 Å². The molecule has 0 saturated carbocycles. The maximum absolute atomic E-state index is 13.8. The fraction of sp³-hybridized carbons (Fsp3) is 0.312. The number of hydrogen-bond acceptors (Lipinski definition) is 1. The lowest BCUT2D eigenvalue weighted by molar-refractivity contribution is 0.0730. The molecule has 1 aliphatic rings. The van der Waals surface area contributed by atoms with E-state index >= 15 is 0 Å². The monoisotopic (exact) mass is 335 g/mol. The van der Waals surface area contributed by atoms with Gasteiger partial charge in [0.2, 0.25) is 0 Å². The molecule has 1 heterocycles. The second kappa shape index (κ2) is 5.52. The van der Waals surface area contributed by atoms with E-state index in [1.54, 1.807) is 18.2 Å². The Morgan fingerprint density at radius 3 is 2.45 bits per heavy atom. The largest absolute Gasteiger partial charge is 0.339 e. The van der Waals surface area contributed by atoms with Crippen molar-refractivity contribution in [1.29, 1.82) is 0 Å². The fourth-order valence-corrected chi connectivity index (χ4v) is 3.08. The van der Waals surface area contributed by atoms with Crippen molar-refractivity contribution in [2.75, 3.05) is 13.1 Å². The number of fused-ring (bicyclic) bond motifs is 1. The van der Waals surface area contributed by atoms with Gasteiger partial charge >= 0.3 is 0 Å². The molecule has 0 radical (unpaired) electrons. The minimum Gasteiger partial charge on any atom is -0.339 e. The third kappa shape index (κ3) is 2.44. The standard InChI is InChI=1S/C16H15BrFNO/c17-11-7-9-19(10-8-11)16(20)14-5-6-15(18)13-4-2-1-3-12(13)14/h1-6,11H,7-10H2. The van der Waals surface area contributed by atoms with Crippen LogP contribution in [0.5, 0.6) is 0 Å². The normalized spacial score (nSPS) is 16.6. The quantitative estimate of drug-likeness (QED) is 0.722. The highest BCUT2D eigenvalue weighted by molar-refractivity contribution is 9.09. The molecule has 0 bridgehead atoms. The number of carbonyl (C=O) groups is 1. The molecule has 4 heteroatoms. The van der Waals surface area contributed by atoms with Gasteiger partial charge < -0.3 is 4.90 Å². The van der Waals surface area contributed by atoms with Gasteiger partial charge in [0.1, 0.15) is 5.82 Å². The molecule has 2 aromatic rings. The summed E-state index contributed by atoms with van der Waals surface area (Å²) in [7, 11) is 0. The highest BCUT2D eigenvalue weighted by atomic mass is 79.9. The SMILES string of the molecule is O=C(c1ccc(F)c2ccccc12)N1CCC(Br)CC1. The minimum atomic E-state index is -0.281. The first kappa shape index (κ1) is 13.6. The summed E-state index contributed by atoms with van der Waals surface area (Å²) in [5.74, 6) is -0.281. The van der Waals surface area contributed by atoms with Crippen LogP contribution in [0.4, 0.5) is 4.39 Å². The summed E-state index contributed by atoms with van der Waals surface area (Å²) in [6.45, 7) is 1.50. The lowest BCUT2D eigenvalue weighted by atomic mass is 10.0. The molecule has 0 unspecified atom stereocenters. The zero-order valence-corrected chi connectivity index (χ0v) is 12.6. The van der Waals surface area contributed by atoms with E-state index in [4.69, 9.17) is 0 Å². The van der Waals surface area contributed by atoms with Gasteiger partial charge in [0.05, 0.1) is 0 Å². The number of carbonyl (C=O) groups excluding carboxylic acids is 1. The van der Waals surface area contributed by atoms with Gasteiger partial charge in [0.15, 0.2) is 0 Å². The van der Waals surface area contributed by atoms with Crippen molar-refractivity contribution >= 4 is 32.6 Å². The Bertz CT molecular complexity index is 650. The van der Waals surface area contributed by atoms with Crippen LogP contribution in [0.3, 0.4) is 0 Å². The summed E-state index contributed by atoms with van der Waals surface area (Å²) in [5.41, 5.74) is 0.593. The van der Waals surface area contributed by atoms with Gasteiger partial charge in [-0.15, -0.1) is 0 Å². The molecule has 0 N–H and O–H groups in total. The van der Waals surface area contributed by atoms with Gasteiger partial charge in [0.25, 0.3) is 5.91 Å². The Morgan fingerprint density at radius 2 is 1.75 bits per heavy atom. The number of nitrogens with zero attached hydrogens (tertiary/aromatic N) is 1. The molecule has 104 valence electrons. The van der Waals surface area contributed by atoms with E-state index in [1.165, 1.54) is 6.07 Å². The summed E-state index contributed by atoms with van der Waals surface area (Å²) < 4.78 is 13.8. The number of benzene rings is 2. The molecule has 0 atom stereocenters. The Morgan fingerprint density at radius 1 is 1.10 bits per heavy atom. The van der Waals surface area contributed by atoms with Crippen molar-refractivity contribution in [3.8, 4) is 0 Å². The molecule has 2 aromatic carbocycles. The molecule has 0 aromatic heterocycles. The zero-order chi connectivity index (χ0) is 14.1. The lowest BCUT2D eigenvalue weighted by Gasteiger charge is -2.29. The van der Waals surface area contributed by atoms with Crippen LogP contribution in [0.15, 0.2) is 36.4 Å². The van der Waals surface area contributed by atoms with E-state index in [1.807, 2.05) is 17.0 Å². The van der Waals surface area contributed by atoms with Crippen molar-refractivity contribution in [1.82, 2.24) is 4.90 Å². The van der Waals surface area contributed by atoms with E-state index in [0.717, 1.165) is 25.9 Å². The summed E-state index contributed by atoms with van der Waals surface area (Å²) >= 11 is 3.58. The lowest BCUT2D eigenvalue weighted by Crippen LogP contribution is -2.38. The molecule has 1 fully saturated rings. The molecule has 0 aliphatic carbocycles. The third-order valence-electron chi connectivity index (χ3n) is 3.81. The number of piperidine rings is 1. The van der Waals surface area contributed by atoms with Crippen molar-refractivity contribution in [2.45, 2.75) is 17.7 Å². The van der Waals surface area contributed by atoms with E-state index in [-0.39, 0.29) is 11.7 Å². The molecule has 1 amide bonds. The maximum atomic E-state index is 13.8. The van der Waals surface area contributed by atoms with Crippen LogP contribution in [0, 0.1) is 5.82 Å². The van der Waals surface area contributed by atoms with Gasteiger partial charge in [-0.2, -0.15) is 0 Å². The summed E-state index contributed by atoms with van der Waals surface area (Å²) in [6.07, 6.45) is 1.93. The van der Waals surface area contributed by atoms with Crippen LogP contribution < -0.4 is 0 Å². The molecule has 2 nitrogen and oxygen atoms in total. The maximum Gasteiger partial charge on any atom is 0.254 e. The van der Waals surface area contributed by atoms with Gasteiger partial charge in [-0.1, -0.05) is 40.2 Å². The number of alkyl halides is 1. The molecular weight excluding hydrogens is 321 g/mol. The number of halogens is 2. The highest BCUT2D eigenvalue weighted by Crippen LogP contribution is 2.25. The molecule has 1 saturated heterocycles. The van der Waals surface area contributed by atoms with E-state index in [0.29, 0.717) is 21.2 Å². The number of hydrogen-bond donors (Lipinski definition) is 0. The third-order valence-corrected chi connectivity index (χ3v) is 4.73. The molecule has 3 rings (SSSR count). The Hall–Kier alpha value is -1.42. The molecule has 0 spiro atoms. The van der Waals surface area contributed by atoms with Crippen LogP contribution in [-0.4, -0.2) is 28.7 Å². The van der Waals surface area contributed by atoms with Gasteiger partial charge in [-0.25, -0.2) is 4.39 Å². The summed E-state index contributed by atoms with van der Waals surface area (Å²) in [4.78, 5) is 15.0. The number of amides is 1. The van der Waals surface area contributed by atoms with Crippen LogP contribution in [-0.2, 0) is 0 Å². The predicted octanol–water partition coefficient (Wildman–Crippen LogP) is 3.98. The summed E-state index contributed by atoms with van der Waals surface area (Å²) in [5, 5.41) is 1.20. The van der Waals surface area contributed by atoms with Crippen molar-refractivity contribution < 1.29 is 9.18 Å². The Labute approximate surface area is 125 Å². The summed E-state index contributed by atoms with van der Waals surface area (Å²) in [6, 6.07) is 10.1. The topological polar surface area (TPSA) is 20.3 Å². The fourth-order valence-electron chi connectivity index (χ4n) is 2.67. The van der Waals surface area contributed by atoms with E-state index in [9.17, 15) is 9.18 Å². The zero-order valence-electron chi connectivity index (χ0n) is 11.0. The average Bonchev–Trinajstić information content (AvgIpc) is 2.48. The van der Waals surface area contributed by atoms with Crippen molar-refractivity contribution in [2.24, 2.45) is 0 Å². The number of likely N-dealkylation sites (tertiary alicyclic amines) is 1. The second-order valence-electron chi connectivity index (χ2n) is 5.11. The molecular formula is C16H15BrFNO. The van der Waals surface area contributed by atoms with Gasteiger partial charge in [-0.05, 0) is 30.4 Å². The van der Waals surface area contributed by atoms with Crippen LogP contribution >= 0.6 is 15.9 Å². The first-order valence-corrected chi connectivity index (χ1v) is 7.69. The molecule has 20 heavy (non-hydrogen) atoms. The Kier molecular flexibility index (Phi) is 3.74. The van der Waals surface area contributed by atoms with Gasteiger partial charge in [-0.3, -0.25) is 4.79 Å². The highest BCUT2D eigenvalue weighted by Gasteiger charge is 2.23. The smallest absolute Gasteiger partial charge is 0.254 e. The first-order chi connectivity index (χ1) is 9.66. The van der Waals surface area contributed by atoms with E-state index in [2.05, 4.69) is 15.9 Å².